The number of hydrogen-bond acceptors (Lipinski definition) is 6. The van der Waals surface area contributed by atoms with Gasteiger partial charge in [0.2, 0.25) is 11.8 Å². The molecule has 0 aliphatic carbocycles. The minimum Gasteiger partial charge on any atom is -0.462 e. The predicted molar refractivity (Wildman–Crippen MR) is 114 cm³/mol. The molecule has 2 fully saturated rings. The number of furan rings is 1. The van der Waals surface area contributed by atoms with Crippen molar-refractivity contribution in [1.82, 2.24) is 15.1 Å². The highest BCUT2D eigenvalue weighted by atomic mass is 19.1. The van der Waals surface area contributed by atoms with Crippen molar-refractivity contribution in [1.29, 1.82) is 0 Å². The number of piperidine rings is 2. The zero-order valence-corrected chi connectivity index (χ0v) is 18.2. The van der Waals surface area contributed by atoms with Gasteiger partial charge >= 0.3 is 0 Å². The highest BCUT2D eigenvalue weighted by Crippen LogP contribution is 2.38. The van der Waals surface area contributed by atoms with Crippen LogP contribution in [0.3, 0.4) is 0 Å². The number of imide groups is 1. The normalized spacial score (nSPS) is 22.1. The summed E-state index contributed by atoms with van der Waals surface area (Å²) in [4.78, 5) is 40.6. The van der Waals surface area contributed by atoms with Crippen LogP contribution in [0.25, 0.3) is 0 Å². The van der Waals surface area contributed by atoms with Crippen LogP contribution in [0, 0.1) is 5.82 Å². The number of hydrogen-bond donors (Lipinski definition) is 2. The van der Waals surface area contributed by atoms with E-state index in [0.29, 0.717) is 17.9 Å². The van der Waals surface area contributed by atoms with Crippen molar-refractivity contribution in [2.75, 3.05) is 13.1 Å². The standard InChI is InChI=1S/C24H26FN3O5/c25-15-9-18(14-5-7-27(8-6-14)11-16-1-2-17(13-29)33-16)20-12-28(24(32)19(20)10-15)21-3-4-22(30)26-23(21)31/h1-2,9-10,14,21,29H,3-8,11-13H2,(H,26,30,31). The van der Waals surface area contributed by atoms with E-state index in [9.17, 15) is 18.8 Å². The van der Waals surface area contributed by atoms with E-state index < -0.39 is 17.8 Å². The molecule has 4 heterocycles. The Balaban J connectivity index is 1.30. The van der Waals surface area contributed by atoms with Crippen LogP contribution in [0.5, 0.6) is 0 Å². The molecule has 5 rings (SSSR count). The van der Waals surface area contributed by atoms with Gasteiger partial charge in [-0.15, -0.1) is 0 Å². The van der Waals surface area contributed by atoms with Crippen LogP contribution in [0.4, 0.5) is 4.39 Å². The molecule has 33 heavy (non-hydrogen) atoms. The zero-order valence-electron chi connectivity index (χ0n) is 18.2. The number of carbonyl (C=O) groups excluding carboxylic acids is 3. The quantitative estimate of drug-likeness (QED) is 0.669. The second-order valence-electron chi connectivity index (χ2n) is 9.00. The maximum atomic E-state index is 14.5. The molecule has 0 bridgehead atoms. The van der Waals surface area contributed by atoms with Crippen molar-refractivity contribution in [3.8, 4) is 0 Å². The highest BCUT2D eigenvalue weighted by molar-refractivity contribution is 6.05. The number of halogens is 1. The smallest absolute Gasteiger partial charge is 0.255 e. The zero-order chi connectivity index (χ0) is 23.1. The molecular formula is C24H26FN3O5. The third kappa shape index (κ3) is 4.18. The Kier molecular flexibility index (Phi) is 5.76. The van der Waals surface area contributed by atoms with Crippen molar-refractivity contribution in [3.05, 3.63) is 58.3 Å². The molecule has 2 aromatic rings. The van der Waals surface area contributed by atoms with Gasteiger partial charge in [0.1, 0.15) is 30.0 Å². The first-order chi connectivity index (χ1) is 15.9. The maximum absolute atomic E-state index is 14.5. The molecule has 1 aromatic heterocycles. The van der Waals surface area contributed by atoms with Crippen molar-refractivity contribution in [3.63, 3.8) is 0 Å². The third-order valence-electron chi connectivity index (χ3n) is 6.94. The summed E-state index contributed by atoms with van der Waals surface area (Å²) in [5.41, 5.74) is 1.96. The Morgan fingerprint density at radius 2 is 1.85 bits per heavy atom. The number of nitrogens with one attached hydrogen (secondary N) is 1. The Labute approximate surface area is 190 Å². The average molecular weight is 455 g/mol. The third-order valence-corrected chi connectivity index (χ3v) is 6.94. The van der Waals surface area contributed by atoms with Crippen LogP contribution in [0.2, 0.25) is 0 Å². The van der Waals surface area contributed by atoms with E-state index in [1.54, 1.807) is 6.07 Å². The summed E-state index contributed by atoms with van der Waals surface area (Å²) in [5, 5.41) is 11.5. The van der Waals surface area contributed by atoms with Crippen molar-refractivity contribution in [2.24, 2.45) is 0 Å². The van der Waals surface area contributed by atoms with Gasteiger partial charge in [-0.05, 0) is 73.7 Å². The van der Waals surface area contributed by atoms with E-state index in [0.717, 1.165) is 42.8 Å². The lowest BCUT2D eigenvalue weighted by molar-refractivity contribution is -0.136. The lowest BCUT2D eigenvalue weighted by Crippen LogP contribution is -2.52. The Morgan fingerprint density at radius 3 is 2.55 bits per heavy atom. The molecule has 1 atom stereocenters. The largest absolute Gasteiger partial charge is 0.462 e. The van der Waals surface area contributed by atoms with Crippen LogP contribution < -0.4 is 5.32 Å². The van der Waals surface area contributed by atoms with E-state index in [1.165, 1.54) is 17.0 Å². The van der Waals surface area contributed by atoms with Gasteiger partial charge in [0.25, 0.3) is 5.91 Å². The molecule has 1 aromatic carbocycles. The molecule has 0 spiro atoms. The van der Waals surface area contributed by atoms with Crippen molar-refractivity contribution >= 4 is 17.7 Å². The van der Waals surface area contributed by atoms with E-state index in [-0.39, 0.29) is 43.7 Å². The summed E-state index contributed by atoms with van der Waals surface area (Å²) in [5.74, 6) is -0.141. The van der Waals surface area contributed by atoms with Gasteiger partial charge in [-0.25, -0.2) is 4.39 Å². The van der Waals surface area contributed by atoms with Crippen LogP contribution >= 0.6 is 0 Å². The molecule has 3 aliphatic rings. The molecule has 2 saturated heterocycles. The molecule has 2 N–H and O–H groups in total. The van der Waals surface area contributed by atoms with Gasteiger partial charge in [-0.1, -0.05) is 0 Å². The summed E-state index contributed by atoms with van der Waals surface area (Å²) in [7, 11) is 0. The molecule has 0 radical (unpaired) electrons. The fourth-order valence-electron chi connectivity index (χ4n) is 5.23. The number of nitrogens with zero attached hydrogens (tertiary/aromatic N) is 2. The highest BCUT2D eigenvalue weighted by Gasteiger charge is 2.41. The number of aliphatic hydroxyl groups is 1. The summed E-state index contributed by atoms with van der Waals surface area (Å²) in [6.45, 7) is 2.38. The molecule has 3 amide bonds. The Bertz CT molecular complexity index is 1110. The molecule has 174 valence electrons. The number of benzene rings is 1. The van der Waals surface area contributed by atoms with Gasteiger partial charge < -0.3 is 14.4 Å². The fraction of sp³-hybridized carbons (Fsp3) is 0.458. The van der Waals surface area contributed by atoms with Crippen LogP contribution in [-0.4, -0.2) is 51.8 Å². The van der Waals surface area contributed by atoms with Crippen LogP contribution in [0.1, 0.15) is 64.6 Å². The van der Waals surface area contributed by atoms with E-state index >= 15 is 0 Å². The second kappa shape index (κ2) is 8.72. The first-order valence-corrected chi connectivity index (χ1v) is 11.3. The monoisotopic (exact) mass is 455 g/mol. The lowest BCUT2D eigenvalue weighted by Gasteiger charge is -2.32. The van der Waals surface area contributed by atoms with E-state index in [2.05, 4.69) is 10.2 Å². The number of carbonyl (C=O) groups is 3. The number of rotatable bonds is 5. The summed E-state index contributed by atoms with van der Waals surface area (Å²) < 4.78 is 20.1. The average Bonchev–Trinajstić information content (AvgIpc) is 3.38. The summed E-state index contributed by atoms with van der Waals surface area (Å²) in [6, 6.07) is 5.71. The van der Waals surface area contributed by atoms with Gasteiger partial charge in [-0.3, -0.25) is 24.6 Å². The lowest BCUT2D eigenvalue weighted by atomic mass is 9.85. The van der Waals surface area contributed by atoms with Crippen LogP contribution in [0.15, 0.2) is 28.7 Å². The molecular weight excluding hydrogens is 429 g/mol. The minimum absolute atomic E-state index is 0.116. The molecule has 1 unspecified atom stereocenters. The van der Waals surface area contributed by atoms with Gasteiger partial charge in [0.05, 0.1) is 6.54 Å². The molecule has 9 heteroatoms. The first kappa shape index (κ1) is 21.8. The molecule has 8 nitrogen and oxygen atoms in total. The molecule has 0 saturated carbocycles. The predicted octanol–water partition coefficient (Wildman–Crippen LogP) is 2.05. The van der Waals surface area contributed by atoms with E-state index in [4.69, 9.17) is 9.52 Å². The fourth-order valence-corrected chi connectivity index (χ4v) is 5.23. The Morgan fingerprint density at radius 1 is 1.09 bits per heavy atom. The topological polar surface area (TPSA) is 103 Å². The van der Waals surface area contributed by atoms with Crippen molar-refractivity contribution < 1.29 is 28.3 Å². The number of amides is 3. The number of aliphatic hydroxyl groups excluding tert-OH is 1. The van der Waals surface area contributed by atoms with Gasteiger partial charge in [0, 0.05) is 18.5 Å². The van der Waals surface area contributed by atoms with E-state index in [1.807, 2.05) is 6.07 Å². The molecule has 3 aliphatic heterocycles. The Hall–Kier alpha value is -3.04. The number of likely N-dealkylation sites (tertiary alicyclic amines) is 1. The second-order valence-corrected chi connectivity index (χ2v) is 9.00. The van der Waals surface area contributed by atoms with Crippen molar-refractivity contribution in [2.45, 2.75) is 57.3 Å². The van der Waals surface area contributed by atoms with Gasteiger partial charge in [-0.2, -0.15) is 0 Å². The maximum Gasteiger partial charge on any atom is 0.255 e. The minimum atomic E-state index is -0.711. The summed E-state index contributed by atoms with van der Waals surface area (Å²) >= 11 is 0. The van der Waals surface area contributed by atoms with Crippen LogP contribution in [-0.2, 0) is 29.3 Å². The SMILES string of the molecule is O=C1CCC(N2Cc3c(cc(F)cc3C3CCN(Cc4ccc(CO)o4)CC3)C2=O)C(=O)N1. The first-order valence-electron chi connectivity index (χ1n) is 11.3. The summed E-state index contributed by atoms with van der Waals surface area (Å²) in [6.07, 6.45) is 2.10. The number of fused-ring (bicyclic) bond motifs is 1. The van der Waals surface area contributed by atoms with Gasteiger partial charge in [0.15, 0.2) is 0 Å².